The molecule has 0 spiro atoms. The Hall–Kier alpha value is -1.72. The monoisotopic (exact) mass is 289 g/mol. The maximum atomic E-state index is 12.2. The number of carbonyl (C=O) groups is 2. The van der Waals surface area contributed by atoms with Crippen molar-refractivity contribution in [3.8, 4) is 0 Å². The maximum absolute atomic E-state index is 12.2. The van der Waals surface area contributed by atoms with Crippen LogP contribution in [-0.2, 0) is 0 Å². The van der Waals surface area contributed by atoms with Crippen LogP contribution in [0.15, 0.2) is 24.3 Å². The van der Waals surface area contributed by atoms with E-state index in [1.165, 1.54) is 4.90 Å². The van der Waals surface area contributed by atoms with Crippen LogP contribution >= 0.6 is 0 Å². The van der Waals surface area contributed by atoms with Crippen LogP contribution in [0.2, 0.25) is 0 Å². The number of hydrogen-bond acceptors (Lipinski definition) is 4. The average Bonchev–Trinajstić information content (AvgIpc) is 2.69. The van der Waals surface area contributed by atoms with Crippen molar-refractivity contribution in [2.45, 2.75) is 13.8 Å². The third-order valence-electron chi connectivity index (χ3n) is 3.83. The third-order valence-corrected chi connectivity index (χ3v) is 3.83. The second kappa shape index (κ2) is 5.95. The van der Waals surface area contributed by atoms with Crippen LogP contribution in [0, 0.1) is 5.41 Å². The number of rotatable bonds is 6. The van der Waals surface area contributed by atoms with Crippen molar-refractivity contribution in [1.82, 2.24) is 9.80 Å². The van der Waals surface area contributed by atoms with Gasteiger partial charge in [0.15, 0.2) is 0 Å². The molecule has 2 rings (SSSR count). The Balaban J connectivity index is 1.97. The lowest BCUT2D eigenvalue weighted by Gasteiger charge is -2.29. The first-order chi connectivity index (χ1) is 9.85. The van der Waals surface area contributed by atoms with E-state index >= 15 is 0 Å². The molecule has 0 saturated carbocycles. The van der Waals surface area contributed by atoms with Crippen LogP contribution in [0.25, 0.3) is 0 Å². The number of nitrogens with two attached hydrogens (primary N) is 1. The minimum absolute atomic E-state index is 0.0245. The Morgan fingerprint density at radius 2 is 1.67 bits per heavy atom. The van der Waals surface area contributed by atoms with E-state index in [0.29, 0.717) is 30.8 Å². The molecule has 0 bridgehead atoms. The second-order valence-electron chi connectivity index (χ2n) is 6.41. The van der Waals surface area contributed by atoms with E-state index in [-0.39, 0.29) is 17.2 Å². The molecule has 1 aromatic rings. The van der Waals surface area contributed by atoms with Crippen molar-refractivity contribution in [2.75, 3.05) is 33.2 Å². The van der Waals surface area contributed by atoms with Gasteiger partial charge in [0.2, 0.25) is 0 Å². The summed E-state index contributed by atoms with van der Waals surface area (Å²) in [4.78, 5) is 27.9. The smallest absolute Gasteiger partial charge is 0.261 e. The molecule has 1 aliphatic rings. The van der Waals surface area contributed by atoms with Gasteiger partial charge in [-0.2, -0.15) is 0 Å². The first kappa shape index (κ1) is 15.7. The molecular weight excluding hydrogens is 266 g/mol. The number of likely N-dealkylation sites (N-methyl/N-ethyl adjacent to an activating group) is 1. The molecule has 0 atom stereocenters. The molecule has 0 aromatic heterocycles. The molecule has 0 radical (unpaired) electrons. The molecule has 0 fully saturated rings. The van der Waals surface area contributed by atoms with E-state index in [9.17, 15) is 9.59 Å². The van der Waals surface area contributed by atoms with Gasteiger partial charge in [0, 0.05) is 19.6 Å². The van der Waals surface area contributed by atoms with E-state index in [0.717, 1.165) is 6.54 Å². The minimum Gasteiger partial charge on any atom is -0.330 e. The Bertz CT molecular complexity index is 519. The zero-order chi connectivity index (χ0) is 15.6. The van der Waals surface area contributed by atoms with Crippen LogP contribution in [0.5, 0.6) is 0 Å². The fourth-order valence-corrected chi connectivity index (χ4v) is 2.59. The summed E-state index contributed by atoms with van der Waals surface area (Å²) in [5, 5.41) is 0. The number of nitrogens with zero attached hydrogens (tertiary/aromatic N) is 2. The predicted molar refractivity (Wildman–Crippen MR) is 82.1 cm³/mol. The van der Waals surface area contributed by atoms with Crippen LogP contribution in [-0.4, -0.2) is 54.8 Å². The molecule has 1 heterocycles. The summed E-state index contributed by atoms with van der Waals surface area (Å²) in [6.45, 7) is 6.69. The summed E-state index contributed by atoms with van der Waals surface area (Å²) in [7, 11) is 1.98. The summed E-state index contributed by atoms with van der Waals surface area (Å²) in [6, 6.07) is 6.97. The third kappa shape index (κ3) is 3.31. The Labute approximate surface area is 125 Å². The zero-order valence-corrected chi connectivity index (χ0v) is 12.9. The summed E-state index contributed by atoms with van der Waals surface area (Å²) >= 11 is 0. The van der Waals surface area contributed by atoms with Gasteiger partial charge in [-0.25, -0.2) is 0 Å². The van der Waals surface area contributed by atoms with Crippen molar-refractivity contribution in [1.29, 1.82) is 0 Å². The molecule has 114 valence electrons. The first-order valence-electron chi connectivity index (χ1n) is 7.19. The van der Waals surface area contributed by atoms with Crippen molar-refractivity contribution in [2.24, 2.45) is 11.1 Å². The number of benzene rings is 1. The quantitative estimate of drug-likeness (QED) is 0.799. The molecule has 0 aliphatic carbocycles. The fourth-order valence-electron chi connectivity index (χ4n) is 2.59. The second-order valence-corrected chi connectivity index (χ2v) is 6.41. The molecule has 2 amide bonds. The molecule has 0 saturated heterocycles. The highest BCUT2D eigenvalue weighted by atomic mass is 16.2. The van der Waals surface area contributed by atoms with Gasteiger partial charge in [-0.3, -0.25) is 14.5 Å². The minimum atomic E-state index is -0.193. The molecule has 0 unspecified atom stereocenters. The number of fused-ring (bicyclic) bond motifs is 1. The van der Waals surface area contributed by atoms with Gasteiger partial charge in [0.25, 0.3) is 11.8 Å². The van der Waals surface area contributed by atoms with Gasteiger partial charge in [-0.05, 0) is 31.1 Å². The normalized spacial score (nSPS) is 15.0. The summed E-state index contributed by atoms with van der Waals surface area (Å²) in [5.41, 5.74) is 6.77. The topological polar surface area (TPSA) is 66.6 Å². The van der Waals surface area contributed by atoms with E-state index in [1.807, 2.05) is 7.05 Å². The summed E-state index contributed by atoms with van der Waals surface area (Å²) in [6.07, 6.45) is 0. The molecule has 1 aromatic carbocycles. The van der Waals surface area contributed by atoms with Crippen LogP contribution in [0.1, 0.15) is 34.6 Å². The van der Waals surface area contributed by atoms with E-state index in [4.69, 9.17) is 5.73 Å². The molecule has 21 heavy (non-hydrogen) atoms. The maximum Gasteiger partial charge on any atom is 0.261 e. The molecule has 5 nitrogen and oxygen atoms in total. The summed E-state index contributed by atoms with van der Waals surface area (Å²) < 4.78 is 0. The van der Waals surface area contributed by atoms with Crippen molar-refractivity contribution >= 4 is 11.8 Å². The van der Waals surface area contributed by atoms with Crippen molar-refractivity contribution in [3.63, 3.8) is 0 Å². The first-order valence-corrected chi connectivity index (χ1v) is 7.19. The standard InChI is InChI=1S/C16H23N3O2/c1-16(2,10-17)11-18(3)8-9-19-14(20)12-6-4-5-7-13(12)15(19)21/h4-7H,8-11,17H2,1-3H3. The lowest BCUT2D eigenvalue weighted by Crippen LogP contribution is -2.41. The molecule has 5 heteroatoms. The number of amides is 2. The summed E-state index contributed by atoms with van der Waals surface area (Å²) in [5.74, 6) is -0.385. The highest BCUT2D eigenvalue weighted by molar-refractivity contribution is 6.21. The largest absolute Gasteiger partial charge is 0.330 e. The Kier molecular flexibility index (Phi) is 4.44. The number of hydrogen-bond donors (Lipinski definition) is 1. The van der Waals surface area contributed by atoms with Gasteiger partial charge in [0.05, 0.1) is 11.1 Å². The predicted octanol–water partition coefficient (Wildman–Crippen LogP) is 1.20. The number of carbonyl (C=O) groups excluding carboxylic acids is 2. The van der Waals surface area contributed by atoms with Crippen molar-refractivity contribution in [3.05, 3.63) is 35.4 Å². The van der Waals surface area contributed by atoms with Gasteiger partial charge in [0.1, 0.15) is 0 Å². The van der Waals surface area contributed by atoms with Crippen LogP contribution in [0.3, 0.4) is 0 Å². The lowest BCUT2D eigenvalue weighted by atomic mass is 9.93. The highest BCUT2D eigenvalue weighted by Gasteiger charge is 2.34. The number of imide groups is 1. The fraction of sp³-hybridized carbons (Fsp3) is 0.500. The van der Waals surface area contributed by atoms with Crippen LogP contribution < -0.4 is 5.73 Å². The zero-order valence-electron chi connectivity index (χ0n) is 12.9. The highest BCUT2D eigenvalue weighted by Crippen LogP contribution is 2.22. The van der Waals surface area contributed by atoms with E-state index < -0.39 is 0 Å². The average molecular weight is 289 g/mol. The van der Waals surface area contributed by atoms with E-state index in [1.54, 1.807) is 24.3 Å². The van der Waals surface area contributed by atoms with Crippen molar-refractivity contribution < 1.29 is 9.59 Å². The Morgan fingerprint density at radius 3 is 2.14 bits per heavy atom. The Morgan fingerprint density at radius 1 is 1.14 bits per heavy atom. The van der Waals surface area contributed by atoms with E-state index in [2.05, 4.69) is 18.7 Å². The molecular formula is C16H23N3O2. The molecule has 1 aliphatic heterocycles. The van der Waals surface area contributed by atoms with Gasteiger partial charge in [-0.1, -0.05) is 26.0 Å². The SMILES string of the molecule is CN(CCN1C(=O)c2ccccc2C1=O)CC(C)(C)CN. The lowest BCUT2D eigenvalue weighted by molar-refractivity contribution is 0.0635. The van der Waals surface area contributed by atoms with Gasteiger partial charge >= 0.3 is 0 Å². The van der Waals surface area contributed by atoms with Crippen LogP contribution in [0.4, 0.5) is 0 Å². The van der Waals surface area contributed by atoms with Gasteiger partial charge < -0.3 is 10.6 Å². The molecule has 2 N–H and O–H groups in total. The van der Waals surface area contributed by atoms with Gasteiger partial charge in [-0.15, -0.1) is 0 Å².